The molecule has 1 N–H and O–H groups in total. The number of methoxy groups -OCH3 is 2. The van der Waals surface area contributed by atoms with Crippen molar-refractivity contribution in [3.8, 4) is 11.5 Å². The summed E-state index contributed by atoms with van der Waals surface area (Å²) in [6.45, 7) is 1.90. The van der Waals surface area contributed by atoms with Crippen molar-refractivity contribution in [2.24, 2.45) is 0 Å². The van der Waals surface area contributed by atoms with E-state index in [0.29, 0.717) is 32.9 Å². The van der Waals surface area contributed by atoms with E-state index in [9.17, 15) is 14.7 Å². The Morgan fingerprint density at radius 2 is 1.86 bits per heavy atom. The molecule has 1 saturated heterocycles. The van der Waals surface area contributed by atoms with Gasteiger partial charge in [0.05, 0.1) is 40.7 Å². The summed E-state index contributed by atoms with van der Waals surface area (Å²) in [6, 6.07) is 12.5. The van der Waals surface area contributed by atoms with Crippen LogP contribution in [-0.4, -0.2) is 41.0 Å². The minimum Gasteiger partial charge on any atom is -0.507 e. The van der Waals surface area contributed by atoms with Crippen molar-refractivity contribution >= 4 is 55.7 Å². The Bertz CT molecular complexity index is 1550. The number of fused-ring (bicyclic) bond motifs is 1. The van der Waals surface area contributed by atoms with Gasteiger partial charge in [-0.25, -0.2) is 4.98 Å². The molecule has 8 nitrogen and oxygen atoms in total. The average molecular weight is 522 g/mol. The Balaban J connectivity index is 1.71. The van der Waals surface area contributed by atoms with E-state index in [1.165, 1.54) is 29.4 Å². The number of aliphatic hydroxyl groups excluding tert-OH is 1. The highest BCUT2D eigenvalue weighted by molar-refractivity contribution is 7.22. The maximum atomic E-state index is 13.4. The number of anilines is 1. The zero-order chi connectivity index (χ0) is 25.6. The van der Waals surface area contributed by atoms with Gasteiger partial charge in [-0.05, 0) is 55.0 Å². The molecule has 2 aromatic carbocycles. The first-order chi connectivity index (χ1) is 17.3. The first kappa shape index (κ1) is 23.8. The van der Waals surface area contributed by atoms with Gasteiger partial charge in [0.25, 0.3) is 5.78 Å². The number of ketones is 1. The molecule has 0 saturated carbocycles. The number of carbonyl (C=O) groups excluding carboxylic acids is 2. The van der Waals surface area contributed by atoms with Crippen molar-refractivity contribution in [2.45, 2.75) is 13.0 Å². The van der Waals surface area contributed by atoms with Crippen LogP contribution in [0.1, 0.15) is 22.9 Å². The quantitative estimate of drug-likeness (QED) is 0.216. The molecule has 0 bridgehead atoms. The van der Waals surface area contributed by atoms with Gasteiger partial charge in [-0.1, -0.05) is 29.0 Å². The second-order valence-corrected chi connectivity index (χ2v) is 9.48. The Hall–Kier alpha value is -3.95. The summed E-state index contributed by atoms with van der Waals surface area (Å²) in [4.78, 5) is 37.0. The van der Waals surface area contributed by atoms with E-state index in [1.54, 1.807) is 43.6 Å². The largest absolute Gasteiger partial charge is 0.507 e. The Labute approximate surface area is 215 Å². The number of aryl methyl sites for hydroxylation is 1. The fraction of sp³-hybridized carbons (Fsp3) is 0.154. The molecule has 1 aliphatic heterocycles. The number of aliphatic hydroxyl groups is 1. The fourth-order valence-corrected chi connectivity index (χ4v) is 5.38. The maximum absolute atomic E-state index is 13.4. The molecule has 36 heavy (non-hydrogen) atoms. The zero-order valence-electron chi connectivity index (χ0n) is 19.5. The number of pyridine rings is 1. The van der Waals surface area contributed by atoms with Crippen molar-refractivity contribution < 1.29 is 24.2 Å². The van der Waals surface area contributed by atoms with Crippen molar-refractivity contribution in [3.05, 3.63) is 82.1 Å². The minimum absolute atomic E-state index is 0.101. The predicted octanol–water partition coefficient (Wildman–Crippen LogP) is 5.30. The van der Waals surface area contributed by atoms with Gasteiger partial charge in [-0.2, -0.15) is 0 Å². The molecule has 2 aromatic heterocycles. The number of nitrogens with zero attached hydrogens (tertiary/aromatic N) is 3. The lowest BCUT2D eigenvalue weighted by atomic mass is 9.98. The number of carbonyl (C=O) groups is 2. The van der Waals surface area contributed by atoms with E-state index >= 15 is 0 Å². The molecule has 1 atom stereocenters. The smallest absolute Gasteiger partial charge is 0.301 e. The van der Waals surface area contributed by atoms with Crippen LogP contribution in [-0.2, 0) is 9.59 Å². The van der Waals surface area contributed by atoms with Crippen LogP contribution in [0, 0.1) is 6.92 Å². The van der Waals surface area contributed by atoms with Crippen LogP contribution in [0.2, 0.25) is 5.02 Å². The average Bonchev–Trinajstić information content (AvgIpc) is 3.41. The molecule has 5 rings (SSSR count). The number of hydrogen-bond donors (Lipinski definition) is 1. The predicted molar refractivity (Wildman–Crippen MR) is 138 cm³/mol. The molecule has 0 radical (unpaired) electrons. The number of halogens is 1. The summed E-state index contributed by atoms with van der Waals surface area (Å²) >= 11 is 7.38. The lowest BCUT2D eigenvalue weighted by Crippen LogP contribution is -2.29. The first-order valence-corrected chi connectivity index (χ1v) is 12.0. The van der Waals surface area contributed by atoms with Crippen LogP contribution in [0.3, 0.4) is 0 Å². The Kier molecular flexibility index (Phi) is 6.11. The number of ether oxygens (including phenoxy) is 2. The van der Waals surface area contributed by atoms with E-state index in [-0.39, 0.29) is 16.9 Å². The van der Waals surface area contributed by atoms with Crippen molar-refractivity contribution in [2.75, 3.05) is 19.1 Å². The fourth-order valence-electron chi connectivity index (χ4n) is 4.18. The van der Waals surface area contributed by atoms with Gasteiger partial charge >= 0.3 is 5.91 Å². The summed E-state index contributed by atoms with van der Waals surface area (Å²) in [5.41, 5.74) is 2.14. The van der Waals surface area contributed by atoms with Gasteiger partial charge in [0.2, 0.25) is 0 Å². The number of aromatic nitrogens is 2. The lowest BCUT2D eigenvalue weighted by molar-refractivity contribution is -0.132. The van der Waals surface area contributed by atoms with Gasteiger partial charge in [-0.15, -0.1) is 0 Å². The third kappa shape index (κ3) is 3.86. The van der Waals surface area contributed by atoms with Gasteiger partial charge in [0.15, 0.2) is 5.13 Å². The summed E-state index contributed by atoms with van der Waals surface area (Å²) in [6.07, 6.45) is 1.56. The molecule has 182 valence electrons. The number of hydrogen-bond acceptors (Lipinski definition) is 8. The van der Waals surface area contributed by atoms with Crippen molar-refractivity contribution in [3.63, 3.8) is 0 Å². The maximum Gasteiger partial charge on any atom is 0.301 e. The summed E-state index contributed by atoms with van der Waals surface area (Å²) in [7, 11) is 3.03. The zero-order valence-corrected chi connectivity index (χ0v) is 21.1. The number of amides is 1. The highest BCUT2D eigenvalue weighted by Gasteiger charge is 2.48. The number of Topliss-reactive ketones (excluding diaryl/α,β-unsaturated/α-hetero) is 1. The van der Waals surface area contributed by atoms with E-state index in [1.807, 2.05) is 19.1 Å². The summed E-state index contributed by atoms with van der Waals surface area (Å²) in [5.74, 6) is -1.00. The molecule has 1 unspecified atom stereocenters. The van der Waals surface area contributed by atoms with Crippen LogP contribution in [0.15, 0.2) is 60.3 Å². The second-order valence-electron chi connectivity index (χ2n) is 8.06. The minimum atomic E-state index is -0.989. The molecule has 0 aliphatic carbocycles. The van der Waals surface area contributed by atoms with Crippen molar-refractivity contribution in [1.29, 1.82) is 0 Å². The Morgan fingerprint density at radius 3 is 2.56 bits per heavy atom. The van der Waals surface area contributed by atoms with Crippen LogP contribution in [0.4, 0.5) is 5.13 Å². The molecule has 0 spiro atoms. The van der Waals surface area contributed by atoms with Crippen LogP contribution < -0.4 is 14.4 Å². The van der Waals surface area contributed by atoms with E-state index in [0.717, 1.165) is 10.3 Å². The molecular formula is C26H20ClN3O5S. The highest BCUT2D eigenvalue weighted by Crippen LogP contribution is 2.44. The first-order valence-electron chi connectivity index (χ1n) is 10.8. The van der Waals surface area contributed by atoms with Crippen LogP contribution >= 0.6 is 22.9 Å². The number of benzene rings is 2. The SMILES string of the molecule is COc1cc2sc(N3C(=O)C(=O)/C(=C(/O)c4ccc(Cl)c(OC)c4)C3c3ccccn3)nc2cc1C. The topological polar surface area (TPSA) is 102 Å². The summed E-state index contributed by atoms with van der Waals surface area (Å²) < 4.78 is 11.5. The summed E-state index contributed by atoms with van der Waals surface area (Å²) in [5, 5.41) is 11.9. The molecule has 3 heterocycles. The van der Waals surface area contributed by atoms with Gasteiger partial charge in [0.1, 0.15) is 23.3 Å². The van der Waals surface area contributed by atoms with Crippen LogP contribution in [0.5, 0.6) is 11.5 Å². The van der Waals surface area contributed by atoms with E-state index < -0.39 is 17.7 Å². The standard InChI is InChI=1S/C26H20ClN3O5S/c1-13-10-17-20(12-18(13)34-2)36-26(29-17)30-22(16-6-4-5-9-28-16)21(24(32)25(30)33)23(31)14-7-8-15(27)19(11-14)35-3/h4-12,22,31H,1-3H3/b23-21+. The second kappa shape index (κ2) is 9.25. The van der Waals surface area contributed by atoms with Crippen molar-refractivity contribution in [1.82, 2.24) is 9.97 Å². The van der Waals surface area contributed by atoms with Gasteiger partial charge in [-0.3, -0.25) is 19.5 Å². The molecule has 1 amide bonds. The van der Waals surface area contributed by atoms with E-state index in [4.69, 9.17) is 21.1 Å². The third-order valence-electron chi connectivity index (χ3n) is 5.94. The number of thiazole rings is 1. The third-order valence-corrected chi connectivity index (χ3v) is 7.27. The lowest BCUT2D eigenvalue weighted by Gasteiger charge is -2.22. The molecule has 4 aromatic rings. The van der Waals surface area contributed by atoms with E-state index in [2.05, 4.69) is 9.97 Å². The van der Waals surface area contributed by atoms with Gasteiger partial charge < -0.3 is 14.6 Å². The van der Waals surface area contributed by atoms with Gasteiger partial charge in [0, 0.05) is 11.8 Å². The molecule has 10 heteroatoms. The molecular weight excluding hydrogens is 502 g/mol. The highest BCUT2D eigenvalue weighted by atomic mass is 35.5. The molecule has 1 aliphatic rings. The molecule has 1 fully saturated rings. The Morgan fingerprint density at radius 1 is 1.08 bits per heavy atom. The number of rotatable bonds is 5. The normalized spacial score (nSPS) is 17.1. The monoisotopic (exact) mass is 521 g/mol. The van der Waals surface area contributed by atoms with Crippen LogP contribution in [0.25, 0.3) is 16.0 Å².